The second-order valence-electron chi connectivity index (χ2n) is 5.38. The smallest absolute Gasteiger partial charge is 0.187 e. The molecule has 0 saturated heterocycles. The van der Waals surface area contributed by atoms with Crippen molar-refractivity contribution in [2.75, 3.05) is 0 Å². The van der Waals surface area contributed by atoms with Gasteiger partial charge in [-0.1, -0.05) is 26.2 Å². The summed E-state index contributed by atoms with van der Waals surface area (Å²) in [6, 6.07) is 7.53. The summed E-state index contributed by atoms with van der Waals surface area (Å²) in [5.74, 6) is 0.261. The first kappa shape index (κ1) is 15.8. The van der Waals surface area contributed by atoms with Crippen LogP contribution in [0.5, 0.6) is 5.75 Å². The first-order valence-corrected chi connectivity index (χ1v) is 8.02. The summed E-state index contributed by atoms with van der Waals surface area (Å²) in [5, 5.41) is 17.6. The number of benzene rings is 1. The van der Waals surface area contributed by atoms with Crippen molar-refractivity contribution in [1.82, 2.24) is 10.7 Å². The first-order chi connectivity index (χ1) is 10.2. The highest BCUT2D eigenvalue weighted by Gasteiger charge is 2.13. The molecule has 21 heavy (non-hydrogen) atoms. The molecule has 0 heterocycles. The van der Waals surface area contributed by atoms with E-state index >= 15 is 0 Å². The lowest BCUT2D eigenvalue weighted by Crippen LogP contribution is -2.41. The van der Waals surface area contributed by atoms with Crippen LogP contribution in [0, 0.1) is 0 Å². The molecular weight excluding hydrogens is 282 g/mol. The van der Waals surface area contributed by atoms with Crippen LogP contribution in [-0.4, -0.2) is 22.0 Å². The summed E-state index contributed by atoms with van der Waals surface area (Å²) >= 11 is 5.30. The number of phenolic OH excluding ortho intramolecular Hbond substituents is 1. The number of thiocarbonyl (C=S) groups is 1. The van der Waals surface area contributed by atoms with Gasteiger partial charge in [-0.15, -0.1) is 0 Å². The molecule has 1 saturated carbocycles. The Morgan fingerprint density at radius 1 is 1.24 bits per heavy atom. The molecule has 0 radical (unpaired) electrons. The van der Waals surface area contributed by atoms with E-state index in [0.717, 1.165) is 17.7 Å². The molecule has 1 aliphatic carbocycles. The molecule has 1 aromatic carbocycles. The van der Waals surface area contributed by atoms with Crippen LogP contribution in [0.2, 0.25) is 0 Å². The van der Waals surface area contributed by atoms with E-state index in [4.69, 9.17) is 12.2 Å². The normalized spacial score (nSPS) is 16.5. The molecule has 0 unspecified atom stereocenters. The van der Waals surface area contributed by atoms with Crippen LogP contribution in [0.25, 0.3) is 0 Å². The lowest BCUT2D eigenvalue weighted by atomic mass is 9.96. The molecule has 4 nitrogen and oxygen atoms in total. The lowest BCUT2D eigenvalue weighted by molar-refractivity contribution is 0.412. The minimum Gasteiger partial charge on any atom is -0.508 e. The standard InChI is InChI=1S/C16H23N3OS/c1-2-15(12-8-10-14(20)11-9-12)18-19-16(21)17-13-6-4-3-5-7-13/h8-11,13,20H,2-7H2,1H3,(H2,17,19,21)/b18-15+. The second-order valence-corrected chi connectivity index (χ2v) is 5.79. The lowest BCUT2D eigenvalue weighted by Gasteiger charge is -2.23. The van der Waals surface area contributed by atoms with E-state index in [-0.39, 0.29) is 5.75 Å². The fourth-order valence-electron chi connectivity index (χ4n) is 2.58. The van der Waals surface area contributed by atoms with Crippen molar-refractivity contribution < 1.29 is 5.11 Å². The minimum atomic E-state index is 0.261. The average Bonchev–Trinajstić information content (AvgIpc) is 2.50. The fourth-order valence-corrected chi connectivity index (χ4v) is 2.80. The summed E-state index contributed by atoms with van der Waals surface area (Å²) in [5.41, 5.74) is 4.85. The number of hydrogen-bond acceptors (Lipinski definition) is 3. The Kier molecular flexibility index (Phi) is 5.99. The maximum Gasteiger partial charge on any atom is 0.187 e. The van der Waals surface area contributed by atoms with Crippen LogP contribution in [0.15, 0.2) is 29.4 Å². The van der Waals surface area contributed by atoms with E-state index in [1.54, 1.807) is 12.1 Å². The molecule has 3 N–H and O–H groups in total. The Hall–Kier alpha value is -1.62. The predicted molar refractivity (Wildman–Crippen MR) is 90.7 cm³/mol. The number of nitrogens with zero attached hydrogens (tertiary/aromatic N) is 1. The quantitative estimate of drug-likeness (QED) is 0.454. The summed E-state index contributed by atoms with van der Waals surface area (Å²) in [6.45, 7) is 2.05. The van der Waals surface area contributed by atoms with E-state index in [1.807, 2.05) is 19.1 Å². The van der Waals surface area contributed by atoms with Gasteiger partial charge in [0.2, 0.25) is 0 Å². The molecule has 1 fully saturated rings. The molecule has 114 valence electrons. The zero-order valence-corrected chi connectivity index (χ0v) is 13.2. The number of hydrogen-bond donors (Lipinski definition) is 3. The third-order valence-corrected chi connectivity index (χ3v) is 3.98. The van der Waals surface area contributed by atoms with Crippen LogP contribution in [0.4, 0.5) is 0 Å². The highest BCUT2D eigenvalue weighted by atomic mass is 32.1. The van der Waals surface area contributed by atoms with Gasteiger partial charge in [-0.25, -0.2) is 0 Å². The molecule has 2 rings (SSSR count). The summed E-state index contributed by atoms with van der Waals surface area (Å²) < 4.78 is 0. The van der Waals surface area contributed by atoms with Gasteiger partial charge in [-0.2, -0.15) is 5.10 Å². The van der Waals surface area contributed by atoms with Gasteiger partial charge < -0.3 is 10.4 Å². The molecule has 0 aromatic heterocycles. The molecule has 0 atom stereocenters. The maximum atomic E-state index is 9.33. The fraction of sp³-hybridized carbons (Fsp3) is 0.500. The van der Waals surface area contributed by atoms with Crippen molar-refractivity contribution in [3.05, 3.63) is 29.8 Å². The molecule has 0 amide bonds. The maximum absolute atomic E-state index is 9.33. The SMILES string of the molecule is CC/C(=N\NC(=S)NC1CCCCC1)c1ccc(O)cc1. The van der Waals surface area contributed by atoms with Gasteiger partial charge in [-0.3, -0.25) is 5.43 Å². The highest BCUT2D eigenvalue weighted by Crippen LogP contribution is 2.17. The molecule has 5 heteroatoms. The third-order valence-electron chi connectivity index (χ3n) is 3.77. The van der Waals surface area contributed by atoms with Crippen molar-refractivity contribution >= 4 is 23.0 Å². The Labute approximate surface area is 131 Å². The number of hydrazone groups is 1. The summed E-state index contributed by atoms with van der Waals surface area (Å²) in [6.07, 6.45) is 7.05. The van der Waals surface area contributed by atoms with Crippen molar-refractivity contribution in [3.63, 3.8) is 0 Å². The molecule has 0 spiro atoms. The zero-order valence-electron chi connectivity index (χ0n) is 12.4. The van der Waals surface area contributed by atoms with Gasteiger partial charge in [0.05, 0.1) is 5.71 Å². The Balaban J connectivity index is 1.90. The average molecular weight is 305 g/mol. The molecule has 1 aromatic rings. The van der Waals surface area contributed by atoms with Crippen molar-refractivity contribution in [1.29, 1.82) is 0 Å². The van der Waals surface area contributed by atoms with E-state index in [0.29, 0.717) is 11.2 Å². The monoisotopic (exact) mass is 305 g/mol. The van der Waals surface area contributed by atoms with Crippen LogP contribution in [0.3, 0.4) is 0 Å². The van der Waals surface area contributed by atoms with E-state index in [1.165, 1.54) is 32.1 Å². The third kappa shape index (κ3) is 5.01. The van der Waals surface area contributed by atoms with Crippen LogP contribution < -0.4 is 10.7 Å². The first-order valence-electron chi connectivity index (χ1n) is 7.61. The Morgan fingerprint density at radius 2 is 1.90 bits per heavy atom. The molecule has 1 aliphatic rings. The molecule has 0 aliphatic heterocycles. The van der Waals surface area contributed by atoms with Gasteiger partial charge in [0.15, 0.2) is 5.11 Å². The van der Waals surface area contributed by atoms with Crippen LogP contribution in [-0.2, 0) is 0 Å². The second kappa shape index (κ2) is 7.98. The minimum absolute atomic E-state index is 0.261. The van der Waals surface area contributed by atoms with Crippen LogP contribution >= 0.6 is 12.2 Å². The Bertz CT molecular complexity index is 493. The molecular formula is C16H23N3OS. The van der Waals surface area contributed by atoms with Gasteiger partial charge >= 0.3 is 0 Å². The summed E-state index contributed by atoms with van der Waals surface area (Å²) in [7, 11) is 0. The number of aromatic hydroxyl groups is 1. The number of nitrogens with one attached hydrogen (secondary N) is 2. The van der Waals surface area contributed by atoms with E-state index in [2.05, 4.69) is 15.8 Å². The Morgan fingerprint density at radius 3 is 2.52 bits per heavy atom. The number of rotatable bonds is 4. The highest BCUT2D eigenvalue weighted by molar-refractivity contribution is 7.80. The topological polar surface area (TPSA) is 56.7 Å². The number of phenols is 1. The van der Waals surface area contributed by atoms with Crippen molar-refractivity contribution in [2.24, 2.45) is 5.10 Å². The van der Waals surface area contributed by atoms with Crippen LogP contribution in [0.1, 0.15) is 51.0 Å². The van der Waals surface area contributed by atoms with Gasteiger partial charge in [0.25, 0.3) is 0 Å². The summed E-state index contributed by atoms with van der Waals surface area (Å²) in [4.78, 5) is 0. The van der Waals surface area contributed by atoms with E-state index < -0.39 is 0 Å². The van der Waals surface area contributed by atoms with Crippen molar-refractivity contribution in [3.8, 4) is 5.75 Å². The van der Waals surface area contributed by atoms with E-state index in [9.17, 15) is 5.11 Å². The zero-order chi connectivity index (χ0) is 15.1. The molecule has 0 bridgehead atoms. The van der Waals surface area contributed by atoms with Gasteiger partial charge in [0.1, 0.15) is 5.75 Å². The predicted octanol–water partition coefficient (Wildman–Crippen LogP) is 3.30. The van der Waals surface area contributed by atoms with Gasteiger partial charge in [0, 0.05) is 6.04 Å². The largest absolute Gasteiger partial charge is 0.508 e. The van der Waals surface area contributed by atoms with Crippen molar-refractivity contribution in [2.45, 2.75) is 51.5 Å². The van der Waals surface area contributed by atoms with Gasteiger partial charge in [-0.05, 0) is 61.3 Å².